The summed E-state index contributed by atoms with van der Waals surface area (Å²) in [4.78, 5) is 0. The Hall–Kier alpha value is 3.78. The van der Waals surface area contributed by atoms with E-state index in [1.165, 1.54) is 0 Å². The van der Waals surface area contributed by atoms with Gasteiger partial charge in [-0.2, -0.15) is 0 Å². The molecule has 0 aliphatic rings. The van der Waals surface area contributed by atoms with Crippen LogP contribution in [0.1, 0.15) is 26.7 Å². The van der Waals surface area contributed by atoms with Gasteiger partial charge in [0, 0.05) is 119 Å². The minimum Gasteiger partial charge on any atom is -0.391 e. The fourth-order valence-electron chi connectivity index (χ4n) is 0.688. The second kappa shape index (κ2) is 21.8. The molecule has 0 unspecified atom stereocenters. The van der Waals surface area contributed by atoms with Gasteiger partial charge in [-0.3, -0.25) is 10.8 Å². The van der Waals surface area contributed by atoms with Crippen molar-refractivity contribution in [3.63, 3.8) is 0 Å². The summed E-state index contributed by atoms with van der Waals surface area (Å²) in [7, 11) is 0. The molecule has 19 heavy (non-hydrogen) atoms. The molecule has 0 aromatic heterocycles. The van der Waals surface area contributed by atoms with Crippen LogP contribution in [-0.4, -0.2) is 13.2 Å². The molecular formula is C12H22OV3W3-4. The van der Waals surface area contributed by atoms with Crippen molar-refractivity contribution in [3.05, 3.63) is 27.7 Å². The zero-order valence-corrected chi connectivity index (χ0v) is 24.6. The van der Waals surface area contributed by atoms with Crippen molar-refractivity contribution in [2.45, 2.75) is 26.7 Å². The van der Waals surface area contributed by atoms with Crippen LogP contribution in [0, 0.1) is 38.5 Å². The number of ether oxygens (including phenoxy) is 1. The summed E-state index contributed by atoms with van der Waals surface area (Å²) in [5, 5.41) is 0. The van der Waals surface area contributed by atoms with Crippen LogP contribution in [0.25, 0.3) is 0 Å². The first kappa shape index (κ1) is 43.4. The molecule has 0 aliphatic carbocycles. The molecule has 0 amide bonds. The molecule has 0 atom stereocenters. The van der Waals surface area contributed by atoms with Gasteiger partial charge in [-0.15, -0.1) is 12.8 Å². The molecular weight excluding hydrogens is 864 g/mol. The summed E-state index contributed by atoms with van der Waals surface area (Å²) < 4.78 is 5.50. The SMILES string of the molecule is [CH2-]C([CH2-])(CC)COCC([CH2-])([CH2-])CC.[V].[V].[V].[W].[W].[W]. The van der Waals surface area contributed by atoms with E-state index in [4.69, 9.17) is 4.74 Å². The van der Waals surface area contributed by atoms with E-state index in [9.17, 15) is 0 Å². The summed E-state index contributed by atoms with van der Waals surface area (Å²) in [5.74, 6) is 0. The van der Waals surface area contributed by atoms with Crippen LogP contribution >= 0.6 is 0 Å². The Labute approximate surface area is 199 Å². The monoisotopic (exact) mass is 887 g/mol. The quantitative estimate of drug-likeness (QED) is 0.374. The molecule has 7 heteroatoms. The minimum absolute atomic E-state index is 0. The van der Waals surface area contributed by atoms with E-state index in [-0.39, 0.29) is 130 Å². The summed E-state index contributed by atoms with van der Waals surface area (Å²) in [6.45, 7) is 21.1. The van der Waals surface area contributed by atoms with Gasteiger partial charge in [0.25, 0.3) is 0 Å². The minimum atomic E-state index is -0.218. The largest absolute Gasteiger partial charge is 0.391 e. The predicted octanol–water partition coefficient (Wildman–Crippen LogP) is 3.12. The third-order valence-electron chi connectivity index (χ3n) is 2.32. The molecule has 0 saturated heterocycles. The van der Waals surface area contributed by atoms with Crippen molar-refractivity contribution in [1.82, 2.24) is 0 Å². The van der Waals surface area contributed by atoms with Crippen molar-refractivity contribution in [3.8, 4) is 0 Å². The molecule has 0 fully saturated rings. The van der Waals surface area contributed by atoms with Crippen molar-refractivity contribution >= 4 is 0 Å². The zero-order valence-electron chi connectivity index (χ0n) is 11.6. The molecule has 0 N–H and O–H groups in total. The molecule has 0 bridgehead atoms. The number of rotatable bonds is 6. The van der Waals surface area contributed by atoms with Crippen LogP contribution in [0.3, 0.4) is 0 Å². The summed E-state index contributed by atoms with van der Waals surface area (Å²) in [6.07, 6.45) is 1.83. The van der Waals surface area contributed by atoms with Crippen LogP contribution in [-0.2, 0) is 124 Å². The average Bonchev–Trinajstić information content (AvgIpc) is 2.04. The van der Waals surface area contributed by atoms with Crippen molar-refractivity contribution in [2.75, 3.05) is 13.2 Å². The Morgan fingerprint density at radius 2 is 0.895 bits per heavy atom. The molecule has 0 heterocycles. The molecule has 0 aromatic carbocycles. The van der Waals surface area contributed by atoms with E-state index in [1.54, 1.807) is 0 Å². The van der Waals surface area contributed by atoms with Crippen LogP contribution in [0.15, 0.2) is 0 Å². The standard InChI is InChI=1S/C12H22O.3V.3W/c1-7-11(3,4)9-13-10-12(5,6)8-2;;;;;;/h3-10H2,1-2H3;;;;;;/q-4;;;;;;. The van der Waals surface area contributed by atoms with Crippen molar-refractivity contribution in [2.24, 2.45) is 10.8 Å². The van der Waals surface area contributed by atoms with E-state index in [0.717, 1.165) is 12.8 Å². The second-order valence-corrected chi connectivity index (χ2v) is 4.20. The maximum absolute atomic E-state index is 5.50. The Bertz CT molecular complexity index is 143. The van der Waals surface area contributed by atoms with Gasteiger partial charge in [-0.05, 0) is 13.2 Å². The van der Waals surface area contributed by atoms with Crippen LogP contribution in [0.2, 0.25) is 0 Å². The first-order valence-electron chi connectivity index (χ1n) is 4.82. The van der Waals surface area contributed by atoms with Gasteiger partial charge in [-0.25, -0.2) is 0 Å². The van der Waals surface area contributed by atoms with Crippen molar-refractivity contribution in [1.29, 1.82) is 0 Å². The second-order valence-electron chi connectivity index (χ2n) is 4.20. The van der Waals surface area contributed by atoms with Gasteiger partial charge >= 0.3 is 0 Å². The summed E-state index contributed by atoms with van der Waals surface area (Å²) >= 11 is 0. The Balaban J connectivity index is -0.0000000480. The maximum atomic E-state index is 5.50. The molecule has 0 aromatic rings. The summed E-state index contributed by atoms with van der Waals surface area (Å²) in [6, 6.07) is 0. The fraction of sp³-hybridized carbons (Fsp3) is 0.667. The van der Waals surface area contributed by atoms with Gasteiger partial charge in [0.15, 0.2) is 0 Å². The maximum Gasteiger partial charge on any atom is 0 e. The zero-order chi connectivity index (χ0) is 10.5. The molecule has 0 rings (SSSR count). The first-order valence-corrected chi connectivity index (χ1v) is 4.82. The van der Waals surface area contributed by atoms with Crippen molar-refractivity contribution < 1.29 is 124 Å². The topological polar surface area (TPSA) is 9.23 Å². The fourth-order valence-corrected chi connectivity index (χ4v) is 0.688. The van der Waals surface area contributed by atoms with E-state index in [1.807, 2.05) is 0 Å². The number of hydrogen-bond acceptors (Lipinski definition) is 1. The molecule has 0 aliphatic heterocycles. The Kier molecular flexibility index (Phi) is 49.7. The van der Waals surface area contributed by atoms with Gasteiger partial charge in [0.1, 0.15) is 0 Å². The average molecular weight is 887 g/mol. The Morgan fingerprint density at radius 3 is 1.05 bits per heavy atom. The third-order valence-corrected chi connectivity index (χ3v) is 2.32. The first-order chi connectivity index (χ1) is 5.83. The van der Waals surface area contributed by atoms with Gasteiger partial charge in [0.2, 0.25) is 0 Å². The van der Waals surface area contributed by atoms with E-state index in [0.29, 0.717) is 13.2 Å². The normalized spacial score (nSPS) is 9.16. The smallest absolute Gasteiger partial charge is 0 e. The molecule has 0 spiro atoms. The molecule has 0 saturated carbocycles. The molecule has 1 nitrogen and oxygen atoms in total. The van der Waals surface area contributed by atoms with Crippen LogP contribution < -0.4 is 0 Å². The van der Waals surface area contributed by atoms with Gasteiger partial charge < -0.3 is 32.4 Å². The van der Waals surface area contributed by atoms with E-state index in [2.05, 4.69) is 41.5 Å². The van der Waals surface area contributed by atoms with E-state index >= 15 is 0 Å². The third kappa shape index (κ3) is 27.0. The van der Waals surface area contributed by atoms with Gasteiger partial charge in [0.05, 0.1) is 0 Å². The van der Waals surface area contributed by atoms with E-state index < -0.39 is 0 Å². The molecule has 3 radical (unpaired) electrons. The van der Waals surface area contributed by atoms with Crippen LogP contribution in [0.5, 0.6) is 0 Å². The Morgan fingerprint density at radius 1 is 0.684 bits per heavy atom. The molecule has 113 valence electrons. The van der Waals surface area contributed by atoms with Crippen LogP contribution in [0.4, 0.5) is 0 Å². The number of hydrogen-bond donors (Lipinski definition) is 0. The van der Waals surface area contributed by atoms with Gasteiger partial charge in [-0.1, -0.05) is 13.8 Å². The predicted molar refractivity (Wildman–Crippen MR) is 57.7 cm³/mol. The summed E-state index contributed by atoms with van der Waals surface area (Å²) in [5.41, 5.74) is -0.437.